The van der Waals surface area contributed by atoms with Gasteiger partial charge < -0.3 is 4.90 Å². The van der Waals surface area contributed by atoms with E-state index in [-0.39, 0.29) is 23.1 Å². The Kier molecular flexibility index (Phi) is 4.10. The number of hydrogen-bond donors (Lipinski definition) is 0. The van der Waals surface area contributed by atoms with Gasteiger partial charge in [0.1, 0.15) is 9.84 Å². The molecule has 122 valence electrons. The van der Waals surface area contributed by atoms with Gasteiger partial charge in [0.05, 0.1) is 5.75 Å². The summed E-state index contributed by atoms with van der Waals surface area (Å²) in [6.07, 6.45) is 4.38. The van der Waals surface area contributed by atoms with Crippen LogP contribution >= 0.6 is 11.3 Å². The maximum atomic E-state index is 12.6. The quantitative estimate of drug-likeness (QED) is 0.827. The third kappa shape index (κ3) is 3.54. The monoisotopic (exact) mass is 341 g/mol. The Balaban J connectivity index is 1.63. The molecule has 1 aromatic rings. The van der Waals surface area contributed by atoms with Crippen molar-refractivity contribution < 1.29 is 13.2 Å². The molecule has 1 amide bonds. The topological polar surface area (TPSA) is 54.5 Å². The maximum Gasteiger partial charge on any atom is 0.223 e. The smallest absolute Gasteiger partial charge is 0.223 e. The highest BCUT2D eigenvalue weighted by Gasteiger charge is 2.48. The molecule has 0 radical (unpaired) electrons. The van der Waals surface area contributed by atoms with Crippen molar-refractivity contribution in [2.24, 2.45) is 5.41 Å². The van der Waals surface area contributed by atoms with Crippen LogP contribution in [0.25, 0.3) is 0 Å². The first-order chi connectivity index (χ1) is 10.3. The van der Waals surface area contributed by atoms with Crippen LogP contribution in [0.3, 0.4) is 0 Å². The van der Waals surface area contributed by atoms with Crippen molar-refractivity contribution in [3.05, 3.63) is 22.4 Å². The third-order valence-electron chi connectivity index (χ3n) is 4.96. The van der Waals surface area contributed by atoms with Gasteiger partial charge in [-0.25, -0.2) is 8.42 Å². The summed E-state index contributed by atoms with van der Waals surface area (Å²) in [5.41, 5.74) is 1.05. The zero-order valence-corrected chi connectivity index (χ0v) is 14.8. The van der Waals surface area contributed by atoms with Crippen LogP contribution in [0.1, 0.15) is 44.1 Å². The molecule has 1 saturated heterocycles. The van der Waals surface area contributed by atoms with E-state index in [9.17, 15) is 13.2 Å². The summed E-state index contributed by atoms with van der Waals surface area (Å²) >= 11 is 1.69. The average Bonchev–Trinajstić information content (AvgIpc) is 2.85. The SMILES string of the molecule is C[C@H]1C[C@H](c2ccsc2)CN1C(=O)CC1(CS(C)(=O)=O)CC1. The molecule has 2 atom stereocenters. The van der Waals surface area contributed by atoms with Crippen molar-refractivity contribution >= 4 is 27.1 Å². The van der Waals surface area contributed by atoms with Gasteiger partial charge in [-0.1, -0.05) is 0 Å². The fourth-order valence-electron chi connectivity index (χ4n) is 3.65. The number of nitrogens with zero attached hydrogens (tertiary/aromatic N) is 1. The first-order valence-electron chi connectivity index (χ1n) is 7.77. The number of carbonyl (C=O) groups excluding carboxylic acids is 1. The maximum absolute atomic E-state index is 12.6. The number of carbonyl (C=O) groups is 1. The highest BCUT2D eigenvalue weighted by Crippen LogP contribution is 2.50. The second kappa shape index (κ2) is 5.64. The van der Waals surface area contributed by atoms with E-state index in [2.05, 4.69) is 23.8 Å². The minimum absolute atomic E-state index is 0.131. The lowest BCUT2D eigenvalue weighted by molar-refractivity contribution is -0.132. The number of amides is 1. The highest BCUT2D eigenvalue weighted by atomic mass is 32.2. The van der Waals surface area contributed by atoms with Crippen molar-refractivity contribution in [2.75, 3.05) is 18.6 Å². The summed E-state index contributed by atoms with van der Waals surface area (Å²) < 4.78 is 23.1. The predicted octanol–water partition coefficient (Wildman–Crippen LogP) is 2.67. The molecule has 3 rings (SSSR count). The van der Waals surface area contributed by atoms with E-state index in [0.29, 0.717) is 12.3 Å². The van der Waals surface area contributed by atoms with Gasteiger partial charge in [0, 0.05) is 31.2 Å². The van der Waals surface area contributed by atoms with Gasteiger partial charge in [0.15, 0.2) is 0 Å². The van der Waals surface area contributed by atoms with Gasteiger partial charge in [-0.2, -0.15) is 11.3 Å². The van der Waals surface area contributed by atoms with Crippen molar-refractivity contribution in [3.8, 4) is 0 Å². The minimum Gasteiger partial charge on any atom is -0.339 e. The summed E-state index contributed by atoms with van der Waals surface area (Å²) in [5.74, 6) is 0.712. The normalized spacial score (nSPS) is 27.1. The van der Waals surface area contributed by atoms with Gasteiger partial charge in [-0.05, 0) is 54.0 Å². The van der Waals surface area contributed by atoms with Crippen molar-refractivity contribution in [3.63, 3.8) is 0 Å². The van der Waals surface area contributed by atoms with E-state index < -0.39 is 9.84 Å². The molecule has 1 aliphatic heterocycles. The summed E-state index contributed by atoms with van der Waals surface area (Å²) in [6.45, 7) is 2.87. The Morgan fingerprint density at radius 2 is 2.18 bits per heavy atom. The fraction of sp³-hybridized carbons (Fsp3) is 0.688. The van der Waals surface area contributed by atoms with Crippen LogP contribution in [0.4, 0.5) is 0 Å². The summed E-state index contributed by atoms with van der Waals surface area (Å²) in [7, 11) is -3.02. The van der Waals surface area contributed by atoms with Crippen LogP contribution < -0.4 is 0 Å². The zero-order valence-electron chi connectivity index (χ0n) is 13.1. The first-order valence-corrected chi connectivity index (χ1v) is 10.8. The second-order valence-corrected chi connectivity index (χ2v) is 10.1. The largest absolute Gasteiger partial charge is 0.339 e. The van der Waals surface area contributed by atoms with Gasteiger partial charge in [0.2, 0.25) is 5.91 Å². The molecule has 2 fully saturated rings. The van der Waals surface area contributed by atoms with Crippen molar-refractivity contribution in [1.29, 1.82) is 0 Å². The number of sulfone groups is 1. The first kappa shape index (κ1) is 16.0. The molecule has 2 aliphatic rings. The van der Waals surface area contributed by atoms with Crippen molar-refractivity contribution in [1.82, 2.24) is 4.90 Å². The standard InChI is InChI=1S/C16H23NO3S2/c1-12-7-14(13-3-6-21-10-13)9-17(12)15(18)8-16(4-5-16)11-22(2,19)20/h3,6,10,12,14H,4-5,7-9,11H2,1-2H3/t12-,14-/m0/s1. The van der Waals surface area contributed by atoms with Gasteiger partial charge >= 0.3 is 0 Å². The third-order valence-corrected chi connectivity index (χ3v) is 6.80. The molecular formula is C16H23NO3S2. The number of thiophene rings is 1. The Morgan fingerprint density at radius 3 is 2.73 bits per heavy atom. The molecule has 1 saturated carbocycles. The van der Waals surface area contributed by atoms with Gasteiger partial charge in [-0.3, -0.25) is 4.79 Å². The highest BCUT2D eigenvalue weighted by molar-refractivity contribution is 7.90. The molecule has 6 heteroatoms. The molecule has 0 bridgehead atoms. The number of rotatable bonds is 5. The lowest BCUT2D eigenvalue weighted by Crippen LogP contribution is -2.36. The van der Waals surface area contributed by atoms with E-state index in [1.165, 1.54) is 11.8 Å². The molecule has 2 heterocycles. The Morgan fingerprint density at radius 1 is 1.45 bits per heavy atom. The van der Waals surface area contributed by atoms with Crippen LogP contribution in [0, 0.1) is 5.41 Å². The van der Waals surface area contributed by atoms with Gasteiger partial charge in [-0.15, -0.1) is 0 Å². The minimum atomic E-state index is -3.02. The summed E-state index contributed by atoms with van der Waals surface area (Å²) in [6, 6.07) is 2.38. The average molecular weight is 341 g/mol. The van der Waals surface area contributed by atoms with E-state index in [1.54, 1.807) is 11.3 Å². The Bertz CT molecular complexity index is 647. The summed E-state index contributed by atoms with van der Waals surface area (Å²) in [5, 5.41) is 4.24. The van der Waals surface area contributed by atoms with E-state index >= 15 is 0 Å². The van der Waals surface area contributed by atoms with Gasteiger partial charge in [0.25, 0.3) is 0 Å². The number of likely N-dealkylation sites (tertiary alicyclic amines) is 1. The lowest BCUT2D eigenvalue weighted by Gasteiger charge is -2.24. The number of hydrogen-bond acceptors (Lipinski definition) is 4. The molecule has 1 aliphatic carbocycles. The molecular weight excluding hydrogens is 318 g/mol. The van der Waals surface area contributed by atoms with E-state index in [0.717, 1.165) is 25.8 Å². The van der Waals surface area contributed by atoms with Crippen molar-refractivity contribution in [2.45, 2.75) is 44.6 Å². The summed E-state index contributed by atoms with van der Waals surface area (Å²) in [4.78, 5) is 14.6. The van der Waals surface area contributed by atoms with Crippen LogP contribution in [0.15, 0.2) is 16.8 Å². The molecule has 1 aromatic heterocycles. The fourth-order valence-corrected chi connectivity index (χ4v) is 5.90. The molecule has 4 nitrogen and oxygen atoms in total. The van der Waals surface area contributed by atoms with Crippen LogP contribution in [0.5, 0.6) is 0 Å². The Labute approximate surface area is 136 Å². The van der Waals surface area contributed by atoms with Crippen LogP contribution in [-0.4, -0.2) is 43.8 Å². The molecule has 0 unspecified atom stereocenters. The van der Waals surface area contributed by atoms with E-state index in [1.807, 2.05) is 4.90 Å². The molecule has 0 spiro atoms. The second-order valence-electron chi connectivity index (χ2n) is 7.13. The van der Waals surface area contributed by atoms with Crippen LogP contribution in [-0.2, 0) is 14.6 Å². The zero-order chi connectivity index (χ0) is 16.0. The molecule has 22 heavy (non-hydrogen) atoms. The van der Waals surface area contributed by atoms with Crippen LogP contribution in [0.2, 0.25) is 0 Å². The molecule has 0 N–H and O–H groups in total. The van der Waals surface area contributed by atoms with E-state index in [4.69, 9.17) is 0 Å². The molecule has 0 aromatic carbocycles. The Hall–Kier alpha value is -0.880. The predicted molar refractivity (Wildman–Crippen MR) is 88.8 cm³/mol. The lowest BCUT2D eigenvalue weighted by atomic mass is 10.00.